The summed E-state index contributed by atoms with van der Waals surface area (Å²) in [5.41, 5.74) is -0.616. The predicted octanol–water partition coefficient (Wildman–Crippen LogP) is 0.137. The smallest absolute Gasteiger partial charge is 0.330 e. The van der Waals surface area contributed by atoms with Crippen molar-refractivity contribution in [2.24, 2.45) is 5.92 Å². The summed E-state index contributed by atoms with van der Waals surface area (Å²) in [5, 5.41) is 11.5. The van der Waals surface area contributed by atoms with Crippen LogP contribution in [0.15, 0.2) is 45.9 Å². The van der Waals surface area contributed by atoms with Gasteiger partial charge in [-0.1, -0.05) is 11.2 Å². The maximum absolute atomic E-state index is 12.7. The Morgan fingerprint density at radius 3 is 2.82 bits per heavy atom. The molecule has 3 rings (SSSR count). The van der Waals surface area contributed by atoms with Crippen molar-refractivity contribution < 1.29 is 28.4 Å². The average molecular weight is 471 g/mol. The van der Waals surface area contributed by atoms with Crippen molar-refractivity contribution in [2.75, 3.05) is 19.0 Å². The van der Waals surface area contributed by atoms with Crippen LogP contribution in [-0.4, -0.2) is 53.1 Å². The van der Waals surface area contributed by atoms with Crippen LogP contribution in [0.5, 0.6) is 0 Å². The Balaban J connectivity index is 1.68. The van der Waals surface area contributed by atoms with E-state index in [1.165, 1.54) is 43.7 Å². The second-order valence-corrected chi connectivity index (χ2v) is 7.70. The molecule has 3 N–H and O–H groups in total. The van der Waals surface area contributed by atoms with E-state index in [0.717, 1.165) is 4.57 Å². The number of rotatable bonds is 9. The van der Waals surface area contributed by atoms with Crippen LogP contribution < -0.4 is 21.5 Å². The van der Waals surface area contributed by atoms with E-state index < -0.39 is 29.4 Å². The first-order chi connectivity index (χ1) is 16.3. The molecule has 0 saturated carbocycles. The van der Waals surface area contributed by atoms with Crippen molar-refractivity contribution in [2.45, 2.75) is 32.4 Å². The van der Waals surface area contributed by atoms with Crippen LogP contribution in [0.3, 0.4) is 0 Å². The van der Waals surface area contributed by atoms with Crippen molar-refractivity contribution in [3.63, 3.8) is 0 Å². The average Bonchev–Trinajstić information content (AvgIpc) is 3.42. The number of pyridine rings is 1. The zero-order valence-electron chi connectivity index (χ0n) is 18.7. The molecule has 0 bridgehead atoms. The van der Waals surface area contributed by atoms with Gasteiger partial charge >= 0.3 is 5.97 Å². The Morgan fingerprint density at radius 1 is 1.38 bits per heavy atom. The molecule has 12 nitrogen and oxygen atoms in total. The van der Waals surface area contributed by atoms with Gasteiger partial charge in [0.1, 0.15) is 18.0 Å². The molecule has 34 heavy (non-hydrogen) atoms. The monoisotopic (exact) mass is 471 g/mol. The molecule has 3 amide bonds. The van der Waals surface area contributed by atoms with Crippen molar-refractivity contribution >= 4 is 29.4 Å². The highest BCUT2D eigenvalue weighted by Crippen LogP contribution is 2.17. The second-order valence-electron chi connectivity index (χ2n) is 7.70. The van der Waals surface area contributed by atoms with Gasteiger partial charge in [0.15, 0.2) is 5.69 Å². The Kier molecular flexibility index (Phi) is 7.96. The molecule has 0 unspecified atom stereocenters. The molecule has 0 aliphatic carbocycles. The van der Waals surface area contributed by atoms with Gasteiger partial charge in [-0.2, -0.15) is 0 Å². The first-order valence-corrected chi connectivity index (χ1v) is 10.5. The Morgan fingerprint density at radius 2 is 2.18 bits per heavy atom. The maximum Gasteiger partial charge on any atom is 0.330 e. The third-order valence-electron chi connectivity index (χ3n) is 5.16. The van der Waals surface area contributed by atoms with Crippen LogP contribution in [0.4, 0.5) is 5.69 Å². The first kappa shape index (κ1) is 24.4. The summed E-state index contributed by atoms with van der Waals surface area (Å²) >= 11 is 0. The number of carbonyl (C=O) groups is 4. The molecule has 1 aliphatic heterocycles. The number of anilines is 1. The van der Waals surface area contributed by atoms with Gasteiger partial charge in [0.25, 0.3) is 11.5 Å². The lowest BCUT2D eigenvalue weighted by atomic mass is 9.98. The summed E-state index contributed by atoms with van der Waals surface area (Å²) in [5.74, 6) is -1.73. The number of carbonyl (C=O) groups excluding carboxylic acids is 4. The van der Waals surface area contributed by atoms with Crippen molar-refractivity contribution in [1.82, 2.24) is 20.4 Å². The van der Waals surface area contributed by atoms with Crippen LogP contribution in [-0.2, 0) is 25.7 Å². The fourth-order valence-electron chi connectivity index (χ4n) is 3.45. The van der Waals surface area contributed by atoms with Gasteiger partial charge < -0.3 is 29.8 Å². The zero-order chi connectivity index (χ0) is 24.7. The molecule has 0 spiro atoms. The van der Waals surface area contributed by atoms with Crippen LogP contribution in [0.25, 0.3) is 0 Å². The summed E-state index contributed by atoms with van der Waals surface area (Å²) in [4.78, 5) is 61.1. The Bertz CT molecular complexity index is 1170. The van der Waals surface area contributed by atoms with Gasteiger partial charge in [0, 0.05) is 36.8 Å². The molecule has 1 aliphatic rings. The van der Waals surface area contributed by atoms with Crippen LogP contribution in [0, 0.1) is 12.8 Å². The number of aryl methyl sites for hydroxylation is 1. The fourth-order valence-corrected chi connectivity index (χ4v) is 3.45. The van der Waals surface area contributed by atoms with Crippen molar-refractivity contribution in [1.29, 1.82) is 0 Å². The van der Waals surface area contributed by atoms with Gasteiger partial charge in [-0.25, -0.2) is 4.79 Å². The minimum atomic E-state index is -0.630. The molecule has 0 radical (unpaired) electrons. The lowest BCUT2D eigenvalue weighted by Gasteiger charge is -2.18. The normalized spacial score (nSPS) is 16.2. The van der Waals surface area contributed by atoms with E-state index >= 15 is 0 Å². The lowest BCUT2D eigenvalue weighted by molar-refractivity contribution is -0.135. The molecule has 2 aromatic heterocycles. The van der Waals surface area contributed by atoms with E-state index in [0.29, 0.717) is 18.7 Å². The van der Waals surface area contributed by atoms with Gasteiger partial charge in [0.2, 0.25) is 11.8 Å². The lowest BCUT2D eigenvalue weighted by Crippen LogP contribution is -2.40. The number of amides is 3. The number of ether oxygens (including phenoxy) is 1. The minimum absolute atomic E-state index is 0.0150. The Hall–Kier alpha value is -4.22. The van der Waals surface area contributed by atoms with Crippen LogP contribution >= 0.6 is 0 Å². The molecule has 0 aromatic carbocycles. The topological polar surface area (TPSA) is 162 Å². The van der Waals surface area contributed by atoms with E-state index in [4.69, 9.17) is 4.52 Å². The van der Waals surface area contributed by atoms with Crippen molar-refractivity contribution in [3.8, 4) is 0 Å². The van der Waals surface area contributed by atoms with Crippen molar-refractivity contribution in [3.05, 3.63) is 58.4 Å². The molecule has 12 heteroatoms. The highest BCUT2D eigenvalue weighted by Gasteiger charge is 2.27. The van der Waals surface area contributed by atoms with Gasteiger partial charge in [-0.3, -0.25) is 19.2 Å². The molecular formula is C22H25N5O7. The number of hydrogen-bond donors (Lipinski definition) is 3. The highest BCUT2D eigenvalue weighted by atomic mass is 16.5. The molecule has 3 heterocycles. The summed E-state index contributed by atoms with van der Waals surface area (Å²) in [6.07, 6.45) is 4.93. The predicted molar refractivity (Wildman–Crippen MR) is 119 cm³/mol. The summed E-state index contributed by atoms with van der Waals surface area (Å²) < 4.78 is 10.6. The SMILES string of the molecule is COC(=O)/C=C\[C@H](C[C@@H]1CCNC1=O)NC(=O)Cn1cccc(NC(=O)c2cc(C)on2)c1=O. The van der Waals surface area contributed by atoms with E-state index in [1.54, 1.807) is 6.92 Å². The largest absolute Gasteiger partial charge is 0.466 e. The van der Waals surface area contributed by atoms with Crippen LogP contribution in [0.2, 0.25) is 0 Å². The van der Waals surface area contributed by atoms with E-state index in [2.05, 4.69) is 25.8 Å². The third-order valence-corrected chi connectivity index (χ3v) is 5.16. The number of esters is 1. The highest BCUT2D eigenvalue weighted by molar-refractivity contribution is 6.02. The minimum Gasteiger partial charge on any atom is -0.466 e. The van der Waals surface area contributed by atoms with Gasteiger partial charge in [-0.05, 0) is 31.9 Å². The second kappa shape index (κ2) is 11.1. The van der Waals surface area contributed by atoms with E-state index in [9.17, 15) is 24.0 Å². The number of hydrogen-bond acceptors (Lipinski definition) is 8. The third kappa shape index (κ3) is 6.40. The number of methoxy groups -OCH3 is 1. The fraction of sp³-hybridized carbons (Fsp3) is 0.364. The molecule has 2 atom stereocenters. The first-order valence-electron chi connectivity index (χ1n) is 10.5. The Labute approximate surface area is 194 Å². The zero-order valence-corrected chi connectivity index (χ0v) is 18.7. The van der Waals surface area contributed by atoms with E-state index in [-0.39, 0.29) is 36.2 Å². The standard InChI is InChI=1S/C22H25N5O7/c1-13-10-17(26-34-13)21(31)25-16-4-3-9-27(22(16)32)12-18(28)24-15(5-6-19(29)33-2)11-14-7-8-23-20(14)30/h3-6,9-10,14-15H,7-8,11-12H2,1-2H3,(H,23,30)(H,24,28)(H,25,31)/b6-5-/t14-,15+/m0/s1. The summed E-state index contributed by atoms with van der Waals surface area (Å²) in [6, 6.07) is 3.71. The molecular weight excluding hydrogens is 446 g/mol. The number of nitrogens with one attached hydrogen (secondary N) is 3. The van der Waals surface area contributed by atoms with Gasteiger partial charge in [0.05, 0.1) is 7.11 Å². The number of aromatic nitrogens is 2. The summed E-state index contributed by atoms with van der Waals surface area (Å²) in [6.45, 7) is 1.84. The van der Waals surface area contributed by atoms with Gasteiger partial charge in [-0.15, -0.1) is 0 Å². The van der Waals surface area contributed by atoms with E-state index in [1.807, 2.05) is 0 Å². The summed E-state index contributed by atoms with van der Waals surface area (Å²) in [7, 11) is 1.23. The quantitative estimate of drug-likeness (QED) is 0.344. The molecule has 180 valence electrons. The number of nitrogens with zero attached hydrogens (tertiary/aromatic N) is 2. The maximum atomic E-state index is 12.7. The molecule has 2 aromatic rings. The molecule has 1 saturated heterocycles. The molecule has 1 fully saturated rings. The van der Waals surface area contributed by atoms with Crippen LogP contribution in [0.1, 0.15) is 29.1 Å².